The number of pyridine rings is 1. The first-order valence-electron chi connectivity index (χ1n) is 7.50. The third-order valence-electron chi connectivity index (χ3n) is 3.27. The molecule has 0 aliphatic heterocycles. The molecule has 1 aromatic heterocycles. The van der Waals surface area contributed by atoms with Crippen LogP contribution in [0.4, 0.5) is 5.82 Å². The van der Waals surface area contributed by atoms with E-state index in [9.17, 15) is 0 Å². The summed E-state index contributed by atoms with van der Waals surface area (Å²) in [7, 11) is 0. The van der Waals surface area contributed by atoms with E-state index in [2.05, 4.69) is 63.5 Å². The van der Waals surface area contributed by atoms with Crippen molar-refractivity contribution in [2.75, 3.05) is 24.5 Å². The molecule has 0 aliphatic carbocycles. The Morgan fingerprint density at radius 2 is 2.00 bits per heavy atom. The zero-order valence-corrected chi connectivity index (χ0v) is 13.7. The van der Waals surface area contributed by atoms with Gasteiger partial charge in [-0.1, -0.05) is 33.8 Å². The average Bonchev–Trinajstić information content (AvgIpc) is 2.41. The lowest BCUT2D eigenvalue weighted by Crippen LogP contribution is -2.26. The molecule has 0 aliphatic rings. The van der Waals surface area contributed by atoms with Gasteiger partial charge >= 0.3 is 0 Å². The minimum absolute atomic E-state index is 0.0601. The summed E-state index contributed by atoms with van der Waals surface area (Å²) in [4.78, 5) is 7.10. The molecule has 3 nitrogen and oxygen atoms in total. The van der Waals surface area contributed by atoms with Crippen LogP contribution in [0.25, 0.3) is 0 Å². The Morgan fingerprint density at radius 3 is 2.50 bits per heavy atom. The second kappa shape index (κ2) is 7.44. The van der Waals surface area contributed by atoms with E-state index in [1.165, 1.54) is 5.56 Å². The summed E-state index contributed by atoms with van der Waals surface area (Å²) >= 11 is 0. The summed E-state index contributed by atoms with van der Waals surface area (Å²) in [6, 6.07) is 4.40. The van der Waals surface area contributed by atoms with E-state index >= 15 is 0 Å². The third-order valence-corrected chi connectivity index (χ3v) is 3.27. The molecule has 0 spiro atoms. The molecule has 0 saturated heterocycles. The monoisotopic (exact) mass is 275 g/mol. The van der Waals surface area contributed by atoms with Gasteiger partial charge in [-0.05, 0) is 31.2 Å². The highest BCUT2D eigenvalue weighted by Gasteiger charge is 2.18. The van der Waals surface area contributed by atoms with Crippen molar-refractivity contribution in [3.63, 3.8) is 0 Å². The fraction of sp³-hybridized carbons (Fsp3) is 0.588. The number of nitrogens with zero attached hydrogens (tertiary/aromatic N) is 2. The quantitative estimate of drug-likeness (QED) is 0.772. The highest BCUT2D eigenvalue weighted by Crippen LogP contribution is 2.25. The Balaban J connectivity index is 3.17. The molecule has 0 amide bonds. The van der Waals surface area contributed by atoms with Gasteiger partial charge in [0.2, 0.25) is 0 Å². The minimum Gasteiger partial charge on any atom is -0.353 e. The van der Waals surface area contributed by atoms with Crippen LogP contribution in [-0.4, -0.2) is 24.6 Å². The Bertz CT molecular complexity index is 432. The van der Waals surface area contributed by atoms with Gasteiger partial charge in [0.1, 0.15) is 5.82 Å². The zero-order valence-electron chi connectivity index (χ0n) is 13.7. The second-order valence-corrected chi connectivity index (χ2v) is 6.08. The van der Waals surface area contributed by atoms with Gasteiger partial charge in [0.15, 0.2) is 0 Å². The molecule has 20 heavy (non-hydrogen) atoms. The first kappa shape index (κ1) is 16.7. The molecule has 0 radical (unpaired) electrons. The number of aromatic nitrogens is 1. The molecule has 0 bridgehead atoms. The zero-order chi connectivity index (χ0) is 15.2. The summed E-state index contributed by atoms with van der Waals surface area (Å²) in [5, 5.41) is 3.39. The lowest BCUT2D eigenvalue weighted by molar-refractivity contribution is 0.565. The van der Waals surface area contributed by atoms with Crippen LogP contribution in [0, 0.1) is 0 Å². The van der Waals surface area contributed by atoms with Crippen molar-refractivity contribution in [1.29, 1.82) is 0 Å². The van der Waals surface area contributed by atoms with Gasteiger partial charge in [0, 0.05) is 30.7 Å². The van der Waals surface area contributed by atoms with E-state index in [-0.39, 0.29) is 5.41 Å². The van der Waals surface area contributed by atoms with Crippen LogP contribution in [0.3, 0.4) is 0 Å². The number of nitrogens with one attached hydrogen (secondary N) is 1. The van der Waals surface area contributed by atoms with Gasteiger partial charge in [-0.2, -0.15) is 0 Å². The predicted octanol–water partition coefficient (Wildman–Crippen LogP) is 3.50. The topological polar surface area (TPSA) is 28.2 Å². The Kier molecular flexibility index (Phi) is 6.21. The molecule has 1 N–H and O–H groups in total. The highest BCUT2D eigenvalue weighted by molar-refractivity contribution is 5.44. The molecule has 1 aromatic rings. The Labute approximate surface area is 124 Å². The molecule has 3 heteroatoms. The Morgan fingerprint density at radius 1 is 1.30 bits per heavy atom. The van der Waals surface area contributed by atoms with Crippen molar-refractivity contribution in [3.05, 3.63) is 36.0 Å². The van der Waals surface area contributed by atoms with E-state index in [0.29, 0.717) is 0 Å². The van der Waals surface area contributed by atoms with E-state index in [0.717, 1.165) is 37.7 Å². The first-order chi connectivity index (χ1) is 9.42. The summed E-state index contributed by atoms with van der Waals surface area (Å²) in [5.74, 6) is 1.05. The largest absolute Gasteiger partial charge is 0.353 e. The highest BCUT2D eigenvalue weighted by atomic mass is 15.2. The number of hydrogen-bond acceptors (Lipinski definition) is 3. The molecule has 0 aromatic carbocycles. The summed E-state index contributed by atoms with van der Waals surface area (Å²) < 4.78 is 0. The van der Waals surface area contributed by atoms with Gasteiger partial charge in [0.05, 0.1) is 0 Å². The van der Waals surface area contributed by atoms with E-state index in [1.807, 2.05) is 6.08 Å². The number of rotatable bonds is 7. The standard InChI is InChI=1S/C17H29N3/c1-7-10-20(9-3)16-12-14(13-18-8-2)11-15(19-16)17(4,5)6/h7,11-12,18H,1,8-10,13H2,2-6H3. The molecular formula is C17H29N3. The van der Waals surface area contributed by atoms with Gasteiger partial charge in [-0.3, -0.25) is 0 Å². The smallest absolute Gasteiger partial charge is 0.129 e. The van der Waals surface area contributed by atoms with Crippen LogP contribution in [0.15, 0.2) is 24.8 Å². The molecule has 0 atom stereocenters. The van der Waals surface area contributed by atoms with Crippen molar-refractivity contribution < 1.29 is 0 Å². The van der Waals surface area contributed by atoms with Gasteiger partial charge in [-0.15, -0.1) is 6.58 Å². The van der Waals surface area contributed by atoms with E-state index in [4.69, 9.17) is 4.98 Å². The maximum atomic E-state index is 4.85. The van der Waals surface area contributed by atoms with Gasteiger partial charge < -0.3 is 10.2 Å². The third kappa shape index (κ3) is 4.64. The molecule has 112 valence electrons. The number of anilines is 1. The SMILES string of the molecule is C=CCN(CC)c1cc(CNCC)cc(C(C)(C)C)n1. The Hall–Kier alpha value is -1.35. The molecule has 0 unspecified atom stereocenters. The van der Waals surface area contributed by atoms with Gasteiger partial charge in [-0.25, -0.2) is 4.98 Å². The van der Waals surface area contributed by atoms with Crippen LogP contribution in [0.1, 0.15) is 45.9 Å². The first-order valence-corrected chi connectivity index (χ1v) is 7.50. The van der Waals surface area contributed by atoms with Crippen molar-refractivity contribution in [2.24, 2.45) is 0 Å². The minimum atomic E-state index is 0.0601. The number of hydrogen-bond donors (Lipinski definition) is 1. The summed E-state index contributed by atoms with van der Waals surface area (Å²) in [5.41, 5.74) is 2.50. The molecule has 1 rings (SSSR count). The fourth-order valence-electron chi connectivity index (χ4n) is 2.03. The van der Waals surface area contributed by atoms with Crippen molar-refractivity contribution in [1.82, 2.24) is 10.3 Å². The lowest BCUT2D eigenvalue weighted by atomic mass is 9.90. The van der Waals surface area contributed by atoms with Crippen LogP contribution in [0.2, 0.25) is 0 Å². The van der Waals surface area contributed by atoms with Crippen LogP contribution in [-0.2, 0) is 12.0 Å². The molecule has 1 heterocycles. The lowest BCUT2D eigenvalue weighted by Gasteiger charge is -2.25. The van der Waals surface area contributed by atoms with Crippen molar-refractivity contribution >= 4 is 5.82 Å². The molecular weight excluding hydrogens is 246 g/mol. The molecule has 0 saturated carbocycles. The van der Waals surface area contributed by atoms with Crippen LogP contribution in [0.5, 0.6) is 0 Å². The maximum Gasteiger partial charge on any atom is 0.129 e. The second-order valence-electron chi connectivity index (χ2n) is 6.08. The van der Waals surface area contributed by atoms with Crippen LogP contribution >= 0.6 is 0 Å². The van der Waals surface area contributed by atoms with Crippen molar-refractivity contribution in [2.45, 2.75) is 46.6 Å². The summed E-state index contributed by atoms with van der Waals surface area (Å²) in [6.07, 6.45) is 1.93. The average molecular weight is 275 g/mol. The molecule has 0 fully saturated rings. The van der Waals surface area contributed by atoms with Crippen molar-refractivity contribution in [3.8, 4) is 0 Å². The van der Waals surface area contributed by atoms with Gasteiger partial charge in [0.25, 0.3) is 0 Å². The van der Waals surface area contributed by atoms with Crippen LogP contribution < -0.4 is 10.2 Å². The predicted molar refractivity (Wildman–Crippen MR) is 88.4 cm³/mol. The van der Waals surface area contributed by atoms with E-state index in [1.54, 1.807) is 0 Å². The fourth-order valence-corrected chi connectivity index (χ4v) is 2.03. The normalized spacial score (nSPS) is 11.4. The number of likely N-dealkylation sites (N-methyl/N-ethyl adjacent to an activating group) is 1. The maximum absolute atomic E-state index is 4.85. The summed E-state index contributed by atoms with van der Waals surface area (Å²) in [6.45, 7) is 18.4. The van der Waals surface area contributed by atoms with E-state index < -0.39 is 0 Å².